The van der Waals surface area contributed by atoms with Gasteiger partial charge in [-0.2, -0.15) is 5.10 Å². The van der Waals surface area contributed by atoms with Crippen molar-refractivity contribution in [2.45, 2.75) is 18.4 Å². The van der Waals surface area contributed by atoms with Crippen molar-refractivity contribution >= 4 is 15.7 Å². The molecule has 7 nitrogen and oxygen atoms in total. The normalized spacial score (nSPS) is 11.5. The predicted molar refractivity (Wildman–Crippen MR) is 75.6 cm³/mol. The first-order valence-electron chi connectivity index (χ1n) is 6.19. The van der Waals surface area contributed by atoms with Gasteiger partial charge in [0.25, 0.3) is 0 Å². The molecule has 2 aromatic rings. The number of nitrogens with zero attached hydrogens (tertiary/aromatic N) is 3. The lowest BCUT2D eigenvalue weighted by atomic mass is 10.3. The smallest absolute Gasteiger partial charge is 0.240 e. The number of benzene rings is 1. The quantitative estimate of drug-likeness (QED) is 0.820. The third-order valence-electron chi connectivity index (χ3n) is 2.61. The van der Waals surface area contributed by atoms with Crippen molar-refractivity contribution in [2.75, 3.05) is 11.9 Å². The highest BCUT2D eigenvalue weighted by Gasteiger charge is 2.14. The van der Waals surface area contributed by atoms with Crippen LogP contribution in [0.2, 0.25) is 0 Å². The molecule has 0 aliphatic heterocycles. The Morgan fingerprint density at radius 1 is 1.25 bits per heavy atom. The molecule has 0 saturated heterocycles. The van der Waals surface area contributed by atoms with Crippen LogP contribution in [0.1, 0.15) is 12.7 Å². The van der Waals surface area contributed by atoms with Gasteiger partial charge in [-0.15, -0.1) is 0 Å². The number of aromatic nitrogens is 3. The van der Waals surface area contributed by atoms with E-state index in [4.69, 9.17) is 0 Å². The van der Waals surface area contributed by atoms with Gasteiger partial charge < -0.3 is 5.32 Å². The number of aryl methyl sites for hydroxylation is 1. The van der Waals surface area contributed by atoms with E-state index in [1.165, 1.54) is 11.0 Å². The van der Waals surface area contributed by atoms with Gasteiger partial charge in [0.2, 0.25) is 10.0 Å². The van der Waals surface area contributed by atoms with Crippen molar-refractivity contribution in [3.8, 4) is 0 Å². The second kappa shape index (κ2) is 6.02. The molecule has 1 heterocycles. The Morgan fingerprint density at radius 2 is 1.95 bits per heavy atom. The summed E-state index contributed by atoms with van der Waals surface area (Å²) in [4.78, 5) is 4.18. The van der Waals surface area contributed by atoms with Crippen molar-refractivity contribution in [1.29, 1.82) is 0 Å². The maximum atomic E-state index is 12.1. The van der Waals surface area contributed by atoms with E-state index in [9.17, 15) is 8.42 Å². The third kappa shape index (κ3) is 3.55. The van der Waals surface area contributed by atoms with Gasteiger partial charge in [-0.3, -0.25) is 4.68 Å². The fourth-order valence-electron chi connectivity index (χ4n) is 1.66. The summed E-state index contributed by atoms with van der Waals surface area (Å²) in [5.74, 6) is 0.431. The minimum absolute atomic E-state index is 0.0676. The third-order valence-corrected chi connectivity index (χ3v) is 4.03. The minimum atomic E-state index is -3.55. The average molecular weight is 295 g/mol. The molecule has 1 aromatic carbocycles. The molecule has 0 bridgehead atoms. The Hall–Kier alpha value is -1.93. The zero-order chi connectivity index (χ0) is 14.6. The molecular formula is C12H17N5O2S. The number of sulfonamides is 1. The summed E-state index contributed by atoms with van der Waals surface area (Å²) in [5.41, 5.74) is 0.887. The highest BCUT2D eigenvalue weighted by molar-refractivity contribution is 7.89. The highest BCUT2D eigenvalue weighted by Crippen LogP contribution is 2.13. The van der Waals surface area contributed by atoms with Crippen molar-refractivity contribution in [1.82, 2.24) is 19.5 Å². The summed E-state index contributed by atoms with van der Waals surface area (Å²) >= 11 is 0. The van der Waals surface area contributed by atoms with Crippen LogP contribution in [0, 0.1) is 0 Å². The van der Waals surface area contributed by atoms with E-state index in [0.29, 0.717) is 5.82 Å². The number of hydrogen-bond donors (Lipinski definition) is 2. The lowest BCUT2D eigenvalue weighted by Gasteiger charge is -2.07. The Bertz CT molecular complexity index is 663. The largest absolute Gasteiger partial charge is 0.385 e. The van der Waals surface area contributed by atoms with E-state index in [-0.39, 0.29) is 11.4 Å². The van der Waals surface area contributed by atoms with E-state index < -0.39 is 10.0 Å². The van der Waals surface area contributed by atoms with E-state index >= 15 is 0 Å². The Morgan fingerprint density at radius 3 is 2.50 bits per heavy atom. The lowest BCUT2D eigenvalue weighted by molar-refractivity contribution is 0.578. The fraction of sp³-hybridized carbons (Fsp3) is 0.333. The molecule has 0 unspecified atom stereocenters. The molecule has 0 fully saturated rings. The number of anilines is 1. The van der Waals surface area contributed by atoms with Crippen LogP contribution in [0.15, 0.2) is 35.5 Å². The van der Waals surface area contributed by atoms with Crippen LogP contribution in [0.5, 0.6) is 0 Å². The molecule has 2 N–H and O–H groups in total. The van der Waals surface area contributed by atoms with Crippen LogP contribution in [-0.2, 0) is 23.6 Å². The average Bonchev–Trinajstić information content (AvgIpc) is 2.84. The SMILES string of the molecule is CCNc1ccc(S(=O)(=O)NCc2ncn(C)n2)cc1. The maximum absolute atomic E-state index is 12.1. The van der Waals surface area contributed by atoms with Crippen molar-refractivity contribution in [2.24, 2.45) is 7.05 Å². The van der Waals surface area contributed by atoms with Crippen molar-refractivity contribution in [3.05, 3.63) is 36.4 Å². The Labute approximate surface area is 118 Å². The Kier molecular flexibility index (Phi) is 4.35. The molecule has 0 radical (unpaired) electrons. The second-order valence-corrected chi connectivity index (χ2v) is 5.98. The van der Waals surface area contributed by atoms with Crippen molar-refractivity contribution in [3.63, 3.8) is 0 Å². The molecule has 1 aromatic heterocycles. The fourth-order valence-corrected chi connectivity index (χ4v) is 2.64. The molecule has 8 heteroatoms. The zero-order valence-corrected chi connectivity index (χ0v) is 12.2. The van der Waals surface area contributed by atoms with Crippen LogP contribution in [0.4, 0.5) is 5.69 Å². The molecule has 0 spiro atoms. The van der Waals surface area contributed by atoms with Gasteiger partial charge in [0.1, 0.15) is 6.33 Å². The van der Waals surface area contributed by atoms with Gasteiger partial charge in [-0.05, 0) is 31.2 Å². The zero-order valence-electron chi connectivity index (χ0n) is 11.4. The van der Waals surface area contributed by atoms with Crippen LogP contribution in [0.3, 0.4) is 0 Å². The topological polar surface area (TPSA) is 88.9 Å². The molecule has 0 aliphatic carbocycles. The first-order chi connectivity index (χ1) is 9.51. The molecular weight excluding hydrogens is 278 g/mol. The molecule has 108 valence electrons. The number of rotatable bonds is 6. The predicted octanol–water partition coefficient (Wildman–Crippen LogP) is 0.725. The van der Waals surface area contributed by atoms with E-state index in [1.807, 2.05) is 6.92 Å². The van der Waals surface area contributed by atoms with Crippen LogP contribution in [0.25, 0.3) is 0 Å². The maximum Gasteiger partial charge on any atom is 0.240 e. The summed E-state index contributed by atoms with van der Waals surface area (Å²) in [6.45, 7) is 2.83. The van der Waals surface area contributed by atoms with Gasteiger partial charge in [0, 0.05) is 19.3 Å². The summed E-state index contributed by atoms with van der Waals surface area (Å²) in [5, 5.41) is 7.12. The second-order valence-electron chi connectivity index (χ2n) is 4.21. The standard InChI is InChI=1S/C12H17N5O2S/c1-3-13-10-4-6-11(7-5-10)20(18,19)15-8-12-14-9-17(2)16-12/h4-7,9,13,15H,3,8H2,1-2H3. The molecule has 0 aliphatic rings. The first kappa shape index (κ1) is 14.5. The van der Waals surface area contributed by atoms with Gasteiger partial charge in [-0.1, -0.05) is 0 Å². The summed E-state index contributed by atoms with van der Waals surface area (Å²) < 4.78 is 28.2. The monoisotopic (exact) mass is 295 g/mol. The van der Waals surface area contributed by atoms with E-state index in [0.717, 1.165) is 12.2 Å². The summed E-state index contributed by atoms with van der Waals surface area (Å²) in [6.07, 6.45) is 1.52. The lowest BCUT2D eigenvalue weighted by Crippen LogP contribution is -2.23. The summed E-state index contributed by atoms with van der Waals surface area (Å²) in [7, 11) is -1.82. The van der Waals surface area contributed by atoms with Gasteiger partial charge >= 0.3 is 0 Å². The van der Waals surface area contributed by atoms with Gasteiger partial charge in [0.15, 0.2) is 5.82 Å². The van der Waals surface area contributed by atoms with E-state index in [1.54, 1.807) is 31.3 Å². The minimum Gasteiger partial charge on any atom is -0.385 e. The molecule has 2 rings (SSSR count). The molecule has 0 amide bonds. The first-order valence-corrected chi connectivity index (χ1v) is 7.67. The van der Waals surface area contributed by atoms with Gasteiger partial charge in [0.05, 0.1) is 11.4 Å². The van der Waals surface area contributed by atoms with Crippen LogP contribution >= 0.6 is 0 Å². The number of nitrogens with one attached hydrogen (secondary N) is 2. The summed E-state index contributed by atoms with van der Waals surface area (Å²) in [6, 6.07) is 6.59. The molecule has 0 atom stereocenters. The molecule has 20 heavy (non-hydrogen) atoms. The van der Waals surface area contributed by atoms with Gasteiger partial charge in [-0.25, -0.2) is 18.1 Å². The van der Waals surface area contributed by atoms with Crippen LogP contribution in [-0.4, -0.2) is 29.7 Å². The van der Waals surface area contributed by atoms with Crippen molar-refractivity contribution < 1.29 is 8.42 Å². The molecule has 0 saturated carbocycles. The highest BCUT2D eigenvalue weighted by atomic mass is 32.2. The Balaban J connectivity index is 2.05. The number of hydrogen-bond acceptors (Lipinski definition) is 5. The van der Waals surface area contributed by atoms with Crippen LogP contribution < -0.4 is 10.0 Å². The van der Waals surface area contributed by atoms with E-state index in [2.05, 4.69) is 20.1 Å².